The van der Waals surface area contributed by atoms with E-state index in [2.05, 4.69) is 15.2 Å². The fourth-order valence-corrected chi connectivity index (χ4v) is 1.32. The zero-order chi connectivity index (χ0) is 10.7. The third-order valence-corrected chi connectivity index (χ3v) is 2.14. The van der Waals surface area contributed by atoms with Gasteiger partial charge in [-0.05, 0) is 31.3 Å². The molecule has 0 atom stereocenters. The molecule has 1 aromatic heterocycles. The first kappa shape index (κ1) is 9.92. The Morgan fingerprint density at radius 3 is 2.60 bits per heavy atom. The summed E-state index contributed by atoms with van der Waals surface area (Å²) in [5, 5.41) is 5.53. The Morgan fingerprint density at radius 1 is 1.27 bits per heavy atom. The Hall–Kier alpha value is -1.62. The molecule has 0 aliphatic carbocycles. The highest BCUT2D eigenvalue weighted by molar-refractivity contribution is 7.71. The number of H-pyrrole nitrogens is 2. The van der Waals surface area contributed by atoms with Crippen LogP contribution in [0.2, 0.25) is 0 Å². The lowest BCUT2D eigenvalue weighted by Crippen LogP contribution is -1.97. The summed E-state index contributed by atoms with van der Waals surface area (Å²) in [4.78, 5) is 4.02. The topological polar surface area (TPSA) is 53.7 Å². The van der Waals surface area contributed by atoms with Crippen LogP contribution in [-0.2, 0) is 6.61 Å². The molecule has 15 heavy (non-hydrogen) atoms. The first-order valence-electron chi connectivity index (χ1n) is 4.57. The van der Waals surface area contributed by atoms with E-state index in [0.29, 0.717) is 17.2 Å². The SMILES string of the molecule is Cc1ccc(OCc2nc(=S)[nH][nH]2)cc1. The smallest absolute Gasteiger partial charge is 0.213 e. The zero-order valence-corrected chi connectivity index (χ0v) is 9.10. The summed E-state index contributed by atoms with van der Waals surface area (Å²) < 4.78 is 5.94. The van der Waals surface area contributed by atoms with E-state index in [-0.39, 0.29) is 0 Å². The molecule has 2 N–H and O–H groups in total. The van der Waals surface area contributed by atoms with Crippen molar-refractivity contribution >= 4 is 12.2 Å². The van der Waals surface area contributed by atoms with Crippen molar-refractivity contribution in [3.8, 4) is 5.75 Å². The maximum Gasteiger partial charge on any atom is 0.213 e. The Morgan fingerprint density at radius 2 is 2.00 bits per heavy atom. The van der Waals surface area contributed by atoms with Crippen LogP contribution in [-0.4, -0.2) is 15.2 Å². The molecule has 78 valence electrons. The van der Waals surface area contributed by atoms with Gasteiger partial charge < -0.3 is 4.74 Å². The maximum absolute atomic E-state index is 5.50. The number of hydrogen-bond acceptors (Lipinski definition) is 3. The van der Waals surface area contributed by atoms with E-state index in [0.717, 1.165) is 5.75 Å². The van der Waals surface area contributed by atoms with E-state index >= 15 is 0 Å². The van der Waals surface area contributed by atoms with Gasteiger partial charge in [0.15, 0.2) is 5.82 Å². The molecule has 0 aliphatic heterocycles. The van der Waals surface area contributed by atoms with Crippen molar-refractivity contribution in [1.29, 1.82) is 0 Å². The monoisotopic (exact) mass is 221 g/mol. The lowest BCUT2D eigenvalue weighted by molar-refractivity contribution is 0.296. The van der Waals surface area contributed by atoms with Crippen LogP contribution < -0.4 is 4.74 Å². The molecule has 0 spiro atoms. The van der Waals surface area contributed by atoms with Crippen LogP contribution in [0.25, 0.3) is 0 Å². The van der Waals surface area contributed by atoms with Gasteiger partial charge in [-0.1, -0.05) is 17.7 Å². The van der Waals surface area contributed by atoms with Gasteiger partial charge in [-0.15, -0.1) is 0 Å². The molecule has 2 aromatic rings. The molecule has 0 saturated carbocycles. The second kappa shape index (κ2) is 4.27. The lowest BCUT2D eigenvalue weighted by atomic mass is 10.2. The number of ether oxygens (including phenoxy) is 1. The minimum absolute atomic E-state index is 0.385. The predicted octanol–water partition coefficient (Wildman–Crippen LogP) is 2.35. The first-order chi connectivity index (χ1) is 7.24. The van der Waals surface area contributed by atoms with Gasteiger partial charge >= 0.3 is 0 Å². The number of hydrogen-bond donors (Lipinski definition) is 2. The molecule has 0 saturated heterocycles. The van der Waals surface area contributed by atoms with Gasteiger partial charge in [0, 0.05) is 0 Å². The van der Waals surface area contributed by atoms with Crippen LogP contribution >= 0.6 is 12.2 Å². The average Bonchev–Trinajstić information content (AvgIpc) is 2.64. The molecule has 2 rings (SSSR count). The molecule has 0 bridgehead atoms. The molecule has 5 heteroatoms. The highest BCUT2D eigenvalue weighted by atomic mass is 32.1. The maximum atomic E-state index is 5.50. The summed E-state index contributed by atoms with van der Waals surface area (Å²) in [5.74, 6) is 1.52. The Labute approximate surface area is 92.3 Å². The van der Waals surface area contributed by atoms with Crippen molar-refractivity contribution in [1.82, 2.24) is 15.2 Å². The molecule has 0 amide bonds. The van der Waals surface area contributed by atoms with Crippen molar-refractivity contribution in [3.05, 3.63) is 40.4 Å². The summed E-state index contributed by atoms with van der Waals surface area (Å²) in [6.07, 6.45) is 0. The van der Waals surface area contributed by atoms with Crippen molar-refractivity contribution in [2.75, 3.05) is 0 Å². The quantitative estimate of drug-likeness (QED) is 0.782. The van der Waals surface area contributed by atoms with Crippen molar-refractivity contribution in [3.63, 3.8) is 0 Å². The standard InChI is InChI=1S/C10H11N3OS/c1-7-2-4-8(5-3-7)14-6-9-11-10(15)13-12-9/h2-5H,6H2,1H3,(H2,11,12,13,15). The van der Waals surface area contributed by atoms with Crippen LogP contribution in [0.1, 0.15) is 11.4 Å². The van der Waals surface area contributed by atoms with Crippen LogP contribution in [0, 0.1) is 11.7 Å². The van der Waals surface area contributed by atoms with Crippen LogP contribution in [0.5, 0.6) is 5.75 Å². The Balaban J connectivity index is 1.99. The van der Waals surface area contributed by atoms with E-state index in [1.54, 1.807) is 0 Å². The molecule has 1 aromatic carbocycles. The molecular formula is C10H11N3OS. The van der Waals surface area contributed by atoms with Gasteiger partial charge in [0.2, 0.25) is 4.77 Å². The number of nitrogens with one attached hydrogen (secondary N) is 2. The highest BCUT2D eigenvalue weighted by Gasteiger charge is 1.97. The number of aromatic amines is 2. The lowest BCUT2D eigenvalue weighted by Gasteiger charge is -2.03. The van der Waals surface area contributed by atoms with Crippen molar-refractivity contribution in [2.45, 2.75) is 13.5 Å². The average molecular weight is 221 g/mol. The van der Waals surface area contributed by atoms with Gasteiger partial charge in [0.05, 0.1) is 0 Å². The number of benzene rings is 1. The highest BCUT2D eigenvalue weighted by Crippen LogP contribution is 2.12. The number of aromatic nitrogens is 3. The number of rotatable bonds is 3. The normalized spacial score (nSPS) is 10.2. The summed E-state index contributed by atoms with van der Waals surface area (Å²) in [7, 11) is 0. The van der Waals surface area contributed by atoms with E-state index in [9.17, 15) is 0 Å². The van der Waals surface area contributed by atoms with Crippen molar-refractivity contribution < 1.29 is 4.74 Å². The minimum Gasteiger partial charge on any atom is -0.486 e. The summed E-state index contributed by atoms with van der Waals surface area (Å²) in [6.45, 7) is 2.42. The first-order valence-corrected chi connectivity index (χ1v) is 4.98. The van der Waals surface area contributed by atoms with E-state index in [1.807, 2.05) is 31.2 Å². The molecule has 4 nitrogen and oxygen atoms in total. The van der Waals surface area contributed by atoms with Crippen LogP contribution in [0.4, 0.5) is 0 Å². The second-order valence-electron chi connectivity index (χ2n) is 3.22. The van der Waals surface area contributed by atoms with E-state index in [1.165, 1.54) is 5.56 Å². The van der Waals surface area contributed by atoms with Gasteiger partial charge in [0.25, 0.3) is 0 Å². The fourth-order valence-electron chi connectivity index (χ4n) is 1.16. The van der Waals surface area contributed by atoms with Gasteiger partial charge in [0.1, 0.15) is 12.4 Å². The number of nitrogens with zero attached hydrogens (tertiary/aromatic N) is 1. The predicted molar refractivity (Wildman–Crippen MR) is 59.3 cm³/mol. The summed E-state index contributed by atoms with van der Waals surface area (Å²) in [5.41, 5.74) is 1.21. The molecule has 0 radical (unpaired) electrons. The van der Waals surface area contributed by atoms with E-state index < -0.39 is 0 Å². The Bertz CT molecular complexity index is 486. The summed E-state index contributed by atoms with van der Waals surface area (Å²) >= 11 is 4.83. The Kier molecular flexibility index (Phi) is 2.82. The summed E-state index contributed by atoms with van der Waals surface area (Å²) in [6, 6.07) is 7.86. The third-order valence-electron chi connectivity index (χ3n) is 1.95. The van der Waals surface area contributed by atoms with Gasteiger partial charge in [-0.2, -0.15) is 0 Å². The van der Waals surface area contributed by atoms with E-state index in [4.69, 9.17) is 17.0 Å². The van der Waals surface area contributed by atoms with Crippen molar-refractivity contribution in [2.24, 2.45) is 0 Å². The second-order valence-corrected chi connectivity index (χ2v) is 3.60. The fraction of sp³-hybridized carbons (Fsp3) is 0.200. The van der Waals surface area contributed by atoms with Gasteiger partial charge in [-0.25, -0.2) is 4.98 Å². The largest absolute Gasteiger partial charge is 0.486 e. The zero-order valence-electron chi connectivity index (χ0n) is 8.28. The molecule has 1 heterocycles. The minimum atomic E-state index is 0.385. The van der Waals surface area contributed by atoms with Gasteiger partial charge in [-0.3, -0.25) is 10.2 Å². The number of aryl methyl sites for hydroxylation is 1. The van der Waals surface area contributed by atoms with Crippen LogP contribution in [0.3, 0.4) is 0 Å². The molecule has 0 unspecified atom stereocenters. The van der Waals surface area contributed by atoms with Crippen LogP contribution in [0.15, 0.2) is 24.3 Å². The molecule has 0 fully saturated rings. The third kappa shape index (κ3) is 2.66. The molecular weight excluding hydrogens is 210 g/mol. The molecule has 0 aliphatic rings.